The third-order valence-corrected chi connectivity index (χ3v) is 4.36. The maximum Gasteiger partial charge on any atom is 0.250 e. The van der Waals surface area contributed by atoms with Crippen molar-refractivity contribution in [3.8, 4) is 11.3 Å². The highest BCUT2D eigenvalue weighted by Crippen LogP contribution is 2.24. The predicted molar refractivity (Wildman–Crippen MR) is 81.5 cm³/mol. The van der Waals surface area contributed by atoms with E-state index in [1.165, 1.54) is 6.92 Å². The van der Waals surface area contributed by atoms with Crippen LogP contribution in [0.3, 0.4) is 0 Å². The molecule has 23 heavy (non-hydrogen) atoms. The first-order valence-corrected chi connectivity index (χ1v) is 8.03. The predicted octanol–water partition coefficient (Wildman–Crippen LogP) is 0.464. The lowest BCUT2D eigenvalue weighted by atomic mass is 9.88. The number of rotatable bonds is 7. The summed E-state index contributed by atoms with van der Waals surface area (Å²) in [5.74, 6) is -0.987. The van der Waals surface area contributed by atoms with Crippen LogP contribution in [0.2, 0.25) is 0 Å². The Morgan fingerprint density at radius 3 is 2.83 bits per heavy atom. The third-order valence-electron chi connectivity index (χ3n) is 3.48. The molecule has 0 aromatic carbocycles. The summed E-state index contributed by atoms with van der Waals surface area (Å²) < 4.78 is 21.7. The van der Waals surface area contributed by atoms with E-state index in [4.69, 9.17) is 9.76 Å². The largest absolute Gasteiger partial charge is 0.306 e. The molecule has 0 fully saturated rings. The summed E-state index contributed by atoms with van der Waals surface area (Å²) >= 11 is -2.16. The molecule has 0 saturated heterocycles. The molecule has 3 N–H and O–H groups in total. The van der Waals surface area contributed by atoms with Crippen molar-refractivity contribution in [2.45, 2.75) is 19.9 Å². The summed E-state index contributed by atoms with van der Waals surface area (Å²) in [4.78, 5) is 19.9. The fourth-order valence-corrected chi connectivity index (χ4v) is 2.91. The van der Waals surface area contributed by atoms with Crippen molar-refractivity contribution in [2.24, 2.45) is 5.41 Å². The van der Waals surface area contributed by atoms with Crippen LogP contribution in [0.25, 0.3) is 11.3 Å². The van der Waals surface area contributed by atoms with Crippen LogP contribution < -0.4 is 5.48 Å². The molecule has 0 spiro atoms. The van der Waals surface area contributed by atoms with Gasteiger partial charge in [-0.15, -0.1) is 0 Å². The van der Waals surface area contributed by atoms with E-state index >= 15 is 0 Å². The second kappa shape index (κ2) is 7.40. The van der Waals surface area contributed by atoms with E-state index in [2.05, 4.69) is 15.1 Å². The zero-order chi connectivity index (χ0) is 16.9. The van der Waals surface area contributed by atoms with Gasteiger partial charge in [-0.1, -0.05) is 0 Å². The number of nitrogens with zero attached hydrogens (tertiary/aromatic N) is 4. The molecule has 10 heteroatoms. The Labute approximate surface area is 135 Å². The van der Waals surface area contributed by atoms with Crippen LogP contribution in [0.15, 0.2) is 31.0 Å². The lowest BCUT2D eigenvalue weighted by Gasteiger charge is -2.25. The van der Waals surface area contributed by atoms with Crippen molar-refractivity contribution in [1.29, 1.82) is 0 Å². The topological polar surface area (TPSA) is 130 Å². The van der Waals surface area contributed by atoms with Crippen molar-refractivity contribution >= 4 is 17.0 Å². The lowest BCUT2D eigenvalue weighted by molar-refractivity contribution is -0.138. The molecule has 2 aromatic rings. The fourth-order valence-electron chi connectivity index (χ4n) is 2.09. The molecule has 0 aliphatic carbocycles. The van der Waals surface area contributed by atoms with E-state index < -0.39 is 22.4 Å². The van der Waals surface area contributed by atoms with Crippen LogP contribution in [-0.2, 0) is 22.4 Å². The number of hydrogen-bond acceptors (Lipinski definition) is 6. The standard InChI is InChI=1S/C13H17N5O4S/c1-13(9-23(21)22,12(19)17-20)2-5-18-8-10(6-16-18)11-7-14-3-4-15-11/h3-4,6-8,20H,2,5,9H2,1H3,(H,17,19)(H,21,22)/t13-/m0/s1. The van der Waals surface area contributed by atoms with Gasteiger partial charge in [-0.05, 0) is 13.3 Å². The monoisotopic (exact) mass is 339 g/mol. The maximum atomic E-state index is 11.8. The number of hydrogen-bond donors (Lipinski definition) is 3. The highest BCUT2D eigenvalue weighted by molar-refractivity contribution is 7.79. The quantitative estimate of drug-likeness (QED) is 0.379. The molecule has 1 amide bonds. The number of hydroxylamine groups is 1. The van der Waals surface area contributed by atoms with E-state index in [0.29, 0.717) is 12.2 Å². The second-order valence-corrected chi connectivity index (χ2v) is 6.23. The Morgan fingerprint density at radius 2 is 2.22 bits per heavy atom. The van der Waals surface area contributed by atoms with E-state index in [1.54, 1.807) is 41.1 Å². The molecule has 9 nitrogen and oxygen atoms in total. The molecule has 0 bridgehead atoms. The van der Waals surface area contributed by atoms with Gasteiger partial charge in [-0.3, -0.25) is 24.7 Å². The van der Waals surface area contributed by atoms with Crippen LogP contribution in [0, 0.1) is 5.41 Å². The van der Waals surface area contributed by atoms with Crippen LogP contribution in [-0.4, -0.2) is 45.4 Å². The molecular formula is C13H17N5O4S. The molecule has 0 radical (unpaired) electrons. The first-order chi connectivity index (χ1) is 10.9. The van der Waals surface area contributed by atoms with Gasteiger partial charge in [0, 0.05) is 30.7 Å². The molecule has 0 aliphatic heterocycles. The Bertz CT molecular complexity index is 693. The third kappa shape index (κ3) is 4.41. The number of carbonyl (C=O) groups is 1. The molecule has 0 aliphatic rings. The van der Waals surface area contributed by atoms with E-state index in [0.717, 1.165) is 5.56 Å². The van der Waals surface area contributed by atoms with Gasteiger partial charge < -0.3 is 4.55 Å². The second-order valence-electron chi connectivity index (χ2n) is 5.30. The number of aromatic nitrogens is 4. The van der Waals surface area contributed by atoms with E-state index in [1.807, 2.05) is 0 Å². The molecule has 2 aromatic heterocycles. The molecule has 2 rings (SSSR count). The van der Waals surface area contributed by atoms with Crippen molar-refractivity contribution in [2.75, 3.05) is 5.75 Å². The smallest absolute Gasteiger partial charge is 0.250 e. The molecule has 0 saturated carbocycles. The SMILES string of the molecule is C[C@](CCn1cc(-c2cnccn2)cn1)(CS(=O)O)C(=O)NO. The Hall–Kier alpha value is -2.17. The molecule has 124 valence electrons. The van der Waals surface area contributed by atoms with Gasteiger partial charge >= 0.3 is 0 Å². The minimum absolute atomic E-state index is 0.229. The number of aryl methyl sites for hydroxylation is 1. The Morgan fingerprint density at radius 1 is 1.43 bits per heavy atom. The van der Waals surface area contributed by atoms with E-state index in [-0.39, 0.29) is 12.2 Å². The highest BCUT2D eigenvalue weighted by atomic mass is 32.2. The van der Waals surface area contributed by atoms with Gasteiger partial charge in [0.1, 0.15) is 0 Å². The summed E-state index contributed by atoms with van der Waals surface area (Å²) in [5.41, 5.74) is 1.81. The normalized spacial score (nSPS) is 14.9. The molecule has 2 atom stereocenters. The number of nitrogens with one attached hydrogen (secondary N) is 1. The summed E-state index contributed by atoms with van der Waals surface area (Å²) in [6, 6.07) is 0. The molecule has 1 unspecified atom stereocenters. The average molecular weight is 339 g/mol. The minimum Gasteiger partial charge on any atom is -0.306 e. The summed E-state index contributed by atoms with van der Waals surface area (Å²) in [6.45, 7) is 1.85. The van der Waals surface area contributed by atoms with Gasteiger partial charge in [0.25, 0.3) is 0 Å². The van der Waals surface area contributed by atoms with Crippen LogP contribution in [0.5, 0.6) is 0 Å². The van der Waals surface area contributed by atoms with Crippen molar-refractivity contribution in [1.82, 2.24) is 25.2 Å². The van der Waals surface area contributed by atoms with Crippen LogP contribution in [0.1, 0.15) is 13.3 Å². The first kappa shape index (κ1) is 17.2. The van der Waals surface area contributed by atoms with E-state index in [9.17, 15) is 9.00 Å². The van der Waals surface area contributed by atoms with Gasteiger partial charge in [-0.25, -0.2) is 9.69 Å². The Balaban J connectivity index is 2.08. The summed E-state index contributed by atoms with van der Waals surface area (Å²) in [5, 5.41) is 13.0. The van der Waals surface area contributed by atoms with Crippen molar-refractivity contribution in [3.05, 3.63) is 31.0 Å². The fraction of sp³-hybridized carbons (Fsp3) is 0.385. The molecular weight excluding hydrogens is 322 g/mol. The van der Waals surface area contributed by atoms with Gasteiger partial charge in [0.15, 0.2) is 11.1 Å². The van der Waals surface area contributed by atoms with Gasteiger partial charge in [0.2, 0.25) is 5.91 Å². The van der Waals surface area contributed by atoms with Gasteiger partial charge in [0.05, 0.1) is 29.3 Å². The molecule has 2 heterocycles. The van der Waals surface area contributed by atoms with Gasteiger partial charge in [-0.2, -0.15) is 5.10 Å². The number of carbonyl (C=O) groups excluding carboxylic acids is 1. The maximum absolute atomic E-state index is 11.8. The first-order valence-electron chi connectivity index (χ1n) is 6.75. The average Bonchev–Trinajstić information content (AvgIpc) is 3.01. The lowest BCUT2D eigenvalue weighted by Crippen LogP contribution is -2.42. The summed E-state index contributed by atoms with van der Waals surface area (Å²) in [6.07, 6.45) is 8.36. The zero-order valence-corrected chi connectivity index (χ0v) is 13.2. The minimum atomic E-state index is -2.16. The summed E-state index contributed by atoms with van der Waals surface area (Å²) in [7, 11) is 0. The van der Waals surface area contributed by atoms with Crippen LogP contribution >= 0.6 is 0 Å². The van der Waals surface area contributed by atoms with Crippen LogP contribution in [0.4, 0.5) is 0 Å². The Kier molecular flexibility index (Phi) is 5.53. The van der Waals surface area contributed by atoms with Crippen molar-refractivity contribution < 1.29 is 18.8 Å². The zero-order valence-electron chi connectivity index (χ0n) is 12.4. The number of amides is 1. The highest BCUT2D eigenvalue weighted by Gasteiger charge is 2.35. The van der Waals surface area contributed by atoms with Crippen molar-refractivity contribution in [3.63, 3.8) is 0 Å².